The number of hydrogen-bond donors (Lipinski definition) is 1. The molecule has 0 saturated carbocycles. The number of benzene rings is 2. The van der Waals surface area contributed by atoms with Crippen LogP contribution in [0, 0.1) is 11.3 Å². The van der Waals surface area contributed by atoms with E-state index in [1.54, 1.807) is 7.11 Å². The van der Waals surface area contributed by atoms with Gasteiger partial charge in [0.05, 0.1) is 19.1 Å². The Hall–Kier alpha value is -2.31. The minimum atomic E-state index is -0.133. The van der Waals surface area contributed by atoms with Crippen molar-refractivity contribution in [3.05, 3.63) is 65.7 Å². The summed E-state index contributed by atoms with van der Waals surface area (Å²) in [6, 6.07) is 20.4. The van der Waals surface area contributed by atoms with Crippen LogP contribution in [0.1, 0.15) is 30.0 Å². The molecule has 2 rings (SSSR count). The highest BCUT2D eigenvalue weighted by atomic mass is 16.5. The molecule has 0 aliphatic rings. The molecule has 3 nitrogen and oxygen atoms in total. The Bertz CT molecular complexity index is 587. The summed E-state index contributed by atoms with van der Waals surface area (Å²) < 4.78 is 5.16. The molecule has 2 atom stereocenters. The quantitative estimate of drug-likeness (QED) is 0.878. The van der Waals surface area contributed by atoms with Crippen molar-refractivity contribution in [1.29, 1.82) is 5.26 Å². The van der Waals surface area contributed by atoms with Gasteiger partial charge in [0.1, 0.15) is 5.75 Å². The third-order valence-corrected chi connectivity index (χ3v) is 3.60. The summed E-state index contributed by atoms with van der Waals surface area (Å²) >= 11 is 0. The molecule has 0 aliphatic heterocycles. The van der Waals surface area contributed by atoms with Crippen LogP contribution >= 0.6 is 0 Å². The smallest absolute Gasteiger partial charge is 0.118 e. The zero-order chi connectivity index (χ0) is 15.1. The maximum absolute atomic E-state index is 9.32. The molecule has 0 fully saturated rings. The summed E-state index contributed by atoms with van der Waals surface area (Å²) in [4.78, 5) is 0. The van der Waals surface area contributed by atoms with Gasteiger partial charge >= 0.3 is 0 Å². The molecule has 0 spiro atoms. The molecule has 1 N–H and O–H groups in total. The van der Waals surface area contributed by atoms with Gasteiger partial charge in [-0.3, -0.25) is 0 Å². The van der Waals surface area contributed by atoms with Gasteiger partial charge in [0.25, 0.3) is 0 Å². The first kappa shape index (κ1) is 15.1. The van der Waals surface area contributed by atoms with E-state index in [-0.39, 0.29) is 12.0 Å². The monoisotopic (exact) mass is 280 g/mol. The molecule has 3 heteroatoms. The summed E-state index contributed by atoms with van der Waals surface area (Å²) in [5.41, 5.74) is 2.23. The minimum Gasteiger partial charge on any atom is -0.497 e. The van der Waals surface area contributed by atoms with E-state index in [2.05, 4.69) is 18.3 Å². The highest BCUT2D eigenvalue weighted by molar-refractivity contribution is 5.29. The Kier molecular flexibility index (Phi) is 5.36. The fourth-order valence-corrected chi connectivity index (χ4v) is 2.23. The topological polar surface area (TPSA) is 45.0 Å². The number of nitriles is 1. The van der Waals surface area contributed by atoms with Crippen LogP contribution in [0.15, 0.2) is 54.6 Å². The molecule has 0 heterocycles. The number of nitrogens with zero attached hydrogens (tertiary/aromatic N) is 1. The van der Waals surface area contributed by atoms with Crippen molar-refractivity contribution in [3.63, 3.8) is 0 Å². The Morgan fingerprint density at radius 2 is 1.71 bits per heavy atom. The predicted molar refractivity (Wildman–Crippen MR) is 84.2 cm³/mol. The summed E-state index contributed by atoms with van der Waals surface area (Å²) in [6.45, 7) is 2.73. The van der Waals surface area contributed by atoms with E-state index < -0.39 is 0 Å². The van der Waals surface area contributed by atoms with Crippen LogP contribution in [-0.4, -0.2) is 13.7 Å². The number of nitrogens with one attached hydrogen (secondary N) is 1. The third kappa shape index (κ3) is 4.08. The molecule has 0 aromatic heterocycles. The normalized spacial score (nSPS) is 13.2. The van der Waals surface area contributed by atoms with Crippen molar-refractivity contribution in [2.24, 2.45) is 0 Å². The molecule has 0 amide bonds. The molecule has 0 radical (unpaired) electrons. The van der Waals surface area contributed by atoms with Gasteiger partial charge < -0.3 is 10.1 Å². The van der Waals surface area contributed by atoms with E-state index in [0.29, 0.717) is 6.54 Å². The van der Waals surface area contributed by atoms with Gasteiger partial charge in [-0.15, -0.1) is 0 Å². The lowest BCUT2D eigenvalue weighted by Crippen LogP contribution is -2.24. The van der Waals surface area contributed by atoms with E-state index in [9.17, 15) is 5.26 Å². The van der Waals surface area contributed by atoms with Gasteiger partial charge in [0.2, 0.25) is 0 Å². The SMILES string of the molecule is COc1ccc(C(C)NCC(C#N)c2ccccc2)cc1. The lowest BCUT2D eigenvalue weighted by molar-refractivity contribution is 0.414. The van der Waals surface area contributed by atoms with E-state index in [1.165, 1.54) is 5.56 Å². The molecule has 21 heavy (non-hydrogen) atoms. The zero-order valence-corrected chi connectivity index (χ0v) is 12.4. The van der Waals surface area contributed by atoms with Crippen LogP contribution in [0.5, 0.6) is 5.75 Å². The fraction of sp³-hybridized carbons (Fsp3) is 0.278. The van der Waals surface area contributed by atoms with Crippen LogP contribution in [0.25, 0.3) is 0 Å². The van der Waals surface area contributed by atoms with Crippen molar-refractivity contribution >= 4 is 0 Å². The third-order valence-electron chi connectivity index (χ3n) is 3.60. The second-order valence-corrected chi connectivity index (χ2v) is 5.00. The zero-order valence-electron chi connectivity index (χ0n) is 12.4. The first-order chi connectivity index (χ1) is 10.2. The van der Waals surface area contributed by atoms with Crippen LogP contribution in [0.3, 0.4) is 0 Å². The molecule has 2 unspecified atom stereocenters. The molecule has 0 saturated heterocycles. The van der Waals surface area contributed by atoms with Crippen LogP contribution < -0.4 is 10.1 Å². The number of ether oxygens (including phenoxy) is 1. The first-order valence-corrected chi connectivity index (χ1v) is 7.06. The molecular formula is C18H20N2O. The second kappa shape index (κ2) is 7.47. The van der Waals surface area contributed by atoms with Gasteiger partial charge in [-0.25, -0.2) is 0 Å². The summed E-state index contributed by atoms with van der Waals surface area (Å²) in [5.74, 6) is 0.719. The molecule has 2 aromatic carbocycles. The van der Waals surface area contributed by atoms with Crippen molar-refractivity contribution in [1.82, 2.24) is 5.32 Å². The van der Waals surface area contributed by atoms with Crippen LogP contribution in [0.4, 0.5) is 0 Å². The number of methoxy groups -OCH3 is 1. The fourth-order valence-electron chi connectivity index (χ4n) is 2.23. The van der Waals surface area contributed by atoms with Gasteiger partial charge in [0, 0.05) is 12.6 Å². The lowest BCUT2D eigenvalue weighted by atomic mass is 10.00. The van der Waals surface area contributed by atoms with Gasteiger partial charge in [-0.05, 0) is 30.2 Å². The molecule has 0 bridgehead atoms. The Morgan fingerprint density at radius 3 is 2.29 bits per heavy atom. The highest BCUT2D eigenvalue weighted by Crippen LogP contribution is 2.19. The van der Waals surface area contributed by atoms with Crippen molar-refractivity contribution < 1.29 is 4.74 Å². The minimum absolute atomic E-state index is 0.133. The average Bonchev–Trinajstić information content (AvgIpc) is 2.56. The van der Waals surface area contributed by atoms with Crippen molar-refractivity contribution in [2.75, 3.05) is 13.7 Å². The maximum Gasteiger partial charge on any atom is 0.118 e. The van der Waals surface area contributed by atoms with E-state index in [0.717, 1.165) is 11.3 Å². The highest BCUT2D eigenvalue weighted by Gasteiger charge is 2.12. The maximum atomic E-state index is 9.32. The first-order valence-electron chi connectivity index (χ1n) is 7.06. The Morgan fingerprint density at radius 1 is 1.05 bits per heavy atom. The summed E-state index contributed by atoms with van der Waals surface area (Å²) in [6.07, 6.45) is 0. The van der Waals surface area contributed by atoms with Gasteiger partial charge in [0.15, 0.2) is 0 Å². The van der Waals surface area contributed by atoms with Crippen LogP contribution in [-0.2, 0) is 0 Å². The Balaban J connectivity index is 1.96. The number of rotatable bonds is 6. The van der Waals surface area contributed by atoms with Crippen LogP contribution in [0.2, 0.25) is 0 Å². The van der Waals surface area contributed by atoms with E-state index in [4.69, 9.17) is 4.74 Å². The summed E-state index contributed by atoms with van der Waals surface area (Å²) in [7, 11) is 1.66. The predicted octanol–water partition coefficient (Wildman–Crippen LogP) is 3.65. The lowest BCUT2D eigenvalue weighted by Gasteiger charge is -2.17. The van der Waals surface area contributed by atoms with Crippen molar-refractivity contribution in [2.45, 2.75) is 18.9 Å². The summed E-state index contributed by atoms with van der Waals surface area (Å²) in [5, 5.41) is 12.7. The number of hydrogen-bond acceptors (Lipinski definition) is 3. The molecular weight excluding hydrogens is 260 g/mol. The second-order valence-electron chi connectivity index (χ2n) is 5.00. The standard InChI is InChI=1S/C18H20N2O/c1-14(15-8-10-18(21-2)11-9-15)20-13-17(12-19)16-6-4-3-5-7-16/h3-11,14,17,20H,13H2,1-2H3. The van der Waals surface area contributed by atoms with Crippen molar-refractivity contribution in [3.8, 4) is 11.8 Å². The molecule has 0 aliphatic carbocycles. The van der Waals surface area contributed by atoms with Gasteiger partial charge in [-0.2, -0.15) is 5.26 Å². The van der Waals surface area contributed by atoms with E-state index >= 15 is 0 Å². The Labute approximate surface area is 126 Å². The van der Waals surface area contributed by atoms with Gasteiger partial charge in [-0.1, -0.05) is 42.5 Å². The molecule has 108 valence electrons. The molecule has 2 aromatic rings. The van der Waals surface area contributed by atoms with E-state index in [1.807, 2.05) is 54.6 Å². The largest absolute Gasteiger partial charge is 0.497 e. The average molecular weight is 280 g/mol.